The van der Waals surface area contributed by atoms with E-state index < -0.39 is 6.04 Å². The van der Waals surface area contributed by atoms with E-state index in [1.54, 1.807) is 12.3 Å². The predicted molar refractivity (Wildman–Crippen MR) is 100 cm³/mol. The summed E-state index contributed by atoms with van der Waals surface area (Å²) in [5.41, 5.74) is 2.93. The van der Waals surface area contributed by atoms with Crippen LogP contribution in [0.5, 0.6) is 0 Å². The minimum absolute atomic E-state index is 0.164. The molecule has 0 saturated carbocycles. The fraction of sp³-hybridized carbons (Fsp3) is 0.150. The molecule has 136 valence electrons. The van der Waals surface area contributed by atoms with E-state index in [2.05, 4.69) is 20.7 Å². The number of nitrogens with one attached hydrogen (secondary N) is 2. The molecule has 27 heavy (non-hydrogen) atoms. The van der Waals surface area contributed by atoms with Crippen molar-refractivity contribution in [2.75, 3.05) is 6.61 Å². The van der Waals surface area contributed by atoms with Crippen molar-refractivity contribution in [3.63, 3.8) is 0 Å². The van der Waals surface area contributed by atoms with Crippen LogP contribution < -0.4 is 5.32 Å². The van der Waals surface area contributed by atoms with Crippen LogP contribution in [0.4, 0.5) is 0 Å². The third-order valence-electron chi connectivity index (χ3n) is 4.35. The number of aliphatic hydroxyl groups is 1. The van der Waals surface area contributed by atoms with Gasteiger partial charge >= 0.3 is 0 Å². The van der Waals surface area contributed by atoms with Crippen molar-refractivity contribution in [2.45, 2.75) is 12.5 Å². The highest BCUT2D eigenvalue weighted by Gasteiger charge is 2.18. The van der Waals surface area contributed by atoms with Crippen molar-refractivity contribution in [1.29, 1.82) is 0 Å². The summed E-state index contributed by atoms with van der Waals surface area (Å²) >= 11 is 0. The average molecular weight is 362 g/mol. The van der Waals surface area contributed by atoms with E-state index in [4.69, 9.17) is 4.52 Å². The lowest BCUT2D eigenvalue weighted by atomic mass is 10.1. The van der Waals surface area contributed by atoms with E-state index in [0.29, 0.717) is 12.2 Å². The monoisotopic (exact) mass is 362 g/mol. The highest BCUT2D eigenvalue weighted by atomic mass is 16.5. The summed E-state index contributed by atoms with van der Waals surface area (Å²) in [6.45, 7) is -0.164. The van der Waals surface area contributed by atoms with Gasteiger partial charge in [0.15, 0.2) is 11.5 Å². The van der Waals surface area contributed by atoms with Gasteiger partial charge in [0.25, 0.3) is 5.91 Å². The molecule has 4 aromatic rings. The highest BCUT2D eigenvalue weighted by Crippen LogP contribution is 2.24. The standard InChI is InChI=1S/C20H18N4O3/c25-12-16(8-13-4-2-1-3-5-13)22-20(26)18-10-19(27-24-18)14-6-7-17-15(9-14)11-21-23-17/h1-7,9-11,16,25H,8,12H2,(H,21,23)(H,22,26)/t16-/m1/s1. The van der Waals surface area contributed by atoms with E-state index >= 15 is 0 Å². The summed E-state index contributed by atoms with van der Waals surface area (Å²) in [5, 5.41) is 24.1. The number of benzene rings is 2. The predicted octanol–water partition coefficient (Wildman–Crippen LogP) is 2.55. The quantitative estimate of drug-likeness (QED) is 0.489. The van der Waals surface area contributed by atoms with E-state index in [-0.39, 0.29) is 18.2 Å². The number of aliphatic hydroxyl groups excluding tert-OH is 1. The Hall–Kier alpha value is -3.45. The number of carbonyl (C=O) groups excluding carboxylic acids is 1. The summed E-state index contributed by atoms with van der Waals surface area (Å²) in [6.07, 6.45) is 2.25. The van der Waals surface area contributed by atoms with Gasteiger partial charge in [-0.25, -0.2) is 0 Å². The molecule has 0 aliphatic heterocycles. The molecule has 0 aliphatic rings. The second kappa shape index (κ2) is 7.43. The molecule has 7 heteroatoms. The second-order valence-electron chi connectivity index (χ2n) is 6.29. The van der Waals surface area contributed by atoms with Crippen molar-refractivity contribution in [3.8, 4) is 11.3 Å². The molecule has 2 heterocycles. The fourth-order valence-electron chi connectivity index (χ4n) is 2.93. The molecule has 2 aromatic heterocycles. The number of aromatic nitrogens is 3. The molecule has 0 unspecified atom stereocenters. The molecular weight excluding hydrogens is 344 g/mol. The SMILES string of the molecule is O=C(N[C@@H](CO)Cc1ccccc1)c1cc(-c2ccc3[nH]ncc3c2)on1. The Bertz CT molecular complexity index is 1060. The molecule has 0 saturated heterocycles. The Morgan fingerprint density at radius 3 is 2.85 bits per heavy atom. The zero-order chi connectivity index (χ0) is 18.6. The van der Waals surface area contributed by atoms with Gasteiger partial charge in [-0.3, -0.25) is 9.89 Å². The van der Waals surface area contributed by atoms with E-state index in [1.807, 2.05) is 48.5 Å². The van der Waals surface area contributed by atoms with Gasteiger partial charge in [-0.05, 0) is 30.2 Å². The summed E-state index contributed by atoms with van der Waals surface area (Å²) in [6, 6.07) is 16.5. The first kappa shape index (κ1) is 17.0. The molecule has 0 radical (unpaired) electrons. The van der Waals surface area contributed by atoms with Crippen LogP contribution in [-0.4, -0.2) is 39.0 Å². The lowest BCUT2D eigenvalue weighted by molar-refractivity contribution is 0.0907. The third-order valence-corrected chi connectivity index (χ3v) is 4.35. The number of amides is 1. The van der Waals surface area contributed by atoms with Gasteiger partial charge in [0.2, 0.25) is 0 Å². The average Bonchev–Trinajstić information content (AvgIpc) is 3.37. The first-order valence-electron chi connectivity index (χ1n) is 8.59. The number of hydrogen-bond acceptors (Lipinski definition) is 5. The molecule has 1 atom stereocenters. The number of fused-ring (bicyclic) bond motifs is 1. The minimum Gasteiger partial charge on any atom is -0.394 e. The molecule has 1 amide bonds. The summed E-state index contributed by atoms with van der Waals surface area (Å²) in [4.78, 5) is 12.5. The number of nitrogens with zero attached hydrogens (tertiary/aromatic N) is 2. The summed E-state index contributed by atoms with van der Waals surface area (Å²) in [7, 11) is 0. The van der Waals surface area contributed by atoms with Gasteiger partial charge in [0, 0.05) is 17.0 Å². The number of H-pyrrole nitrogens is 1. The zero-order valence-electron chi connectivity index (χ0n) is 14.4. The van der Waals surface area contributed by atoms with Crippen molar-refractivity contribution in [2.24, 2.45) is 0 Å². The lowest BCUT2D eigenvalue weighted by Gasteiger charge is -2.15. The zero-order valence-corrected chi connectivity index (χ0v) is 14.4. The van der Waals surface area contributed by atoms with Gasteiger partial charge in [-0.1, -0.05) is 35.5 Å². The maximum absolute atomic E-state index is 12.5. The van der Waals surface area contributed by atoms with Crippen LogP contribution in [0.2, 0.25) is 0 Å². The molecule has 2 aromatic carbocycles. The minimum atomic E-state index is -0.401. The Labute approximate surface area is 155 Å². The molecule has 0 spiro atoms. The van der Waals surface area contributed by atoms with Crippen molar-refractivity contribution < 1.29 is 14.4 Å². The normalized spacial score (nSPS) is 12.2. The molecule has 0 bridgehead atoms. The van der Waals surface area contributed by atoms with Gasteiger partial charge in [-0.2, -0.15) is 5.10 Å². The van der Waals surface area contributed by atoms with Crippen LogP contribution in [0.25, 0.3) is 22.2 Å². The van der Waals surface area contributed by atoms with Gasteiger partial charge < -0.3 is 14.9 Å². The van der Waals surface area contributed by atoms with Crippen LogP contribution in [0.1, 0.15) is 16.1 Å². The second-order valence-corrected chi connectivity index (χ2v) is 6.29. The maximum Gasteiger partial charge on any atom is 0.273 e. The van der Waals surface area contributed by atoms with Crippen LogP contribution in [0.3, 0.4) is 0 Å². The molecular formula is C20H18N4O3. The smallest absolute Gasteiger partial charge is 0.273 e. The van der Waals surface area contributed by atoms with Crippen LogP contribution in [0.15, 0.2) is 65.3 Å². The van der Waals surface area contributed by atoms with Crippen LogP contribution >= 0.6 is 0 Å². The molecule has 7 nitrogen and oxygen atoms in total. The van der Waals surface area contributed by atoms with Crippen LogP contribution in [-0.2, 0) is 6.42 Å². The van der Waals surface area contributed by atoms with E-state index in [9.17, 15) is 9.90 Å². The van der Waals surface area contributed by atoms with Gasteiger partial charge in [0.05, 0.1) is 24.4 Å². The molecule has 3 N–H and O–H groups in total. The van der Waals surface area contributed by atoms with Crippen LogP contribution in [0, 0.1) is 0 Å². The Kier molecular flexibility index (Phi) is 4.67. The Morgan fingerprint density at radius 1 is 1.19 bits per heavy atom. The Balaban J connectivity index is 1.47. The van der Waals surface area contributed by atoms with Crippen molar-refractivity contribution >= 4 is 16.8 Å². The Morgan fingerprint density at radius 2 is 2.04 bits per heavy atom. The maximum atomic E-state index is 12.5. The number of aromatic amines is 1. The van der Waals surface area contributed by atoms with E-state index in [1.165, 1.54) is 0 Å². The summed E-state index contributed by atoms with van der Waals surface area (Å²) in [5.74, 6) is 0.108. The topological polar surface area (TPSA) is 104 Å². The molecule has 0 aliphatic carbocycles. The van der Waals surface area contributed by atoms with Crippen molar-refractivity contribution in [1.82, 2.24) is 20.7 Å². The highest BCUT2D eigenvalue weighted by molar-refractivity contribution is 5.93. The summed E-state index contributed by atoms with van der Waals surface area (Å²) < 4.78 is 5.33. The van der Waals surface area contributed by atoms with Crippen molar-refractivity contribution in [3.05, 3.63) is 72.1 Å². The number of rotatable bonds is 6. The molecule has 0 fully saturated rings. The lowest BCUT2D eigenvalue weighted by Crippen LogP contribution is -2.39. The first-order chi connectivity index (χ1) is 13.2. The van der Waals surface area contributed by atoms with Gasteiger partial charge in [-0.15, -0.1) is 0 Å². The largest absolute Gasteiger partial charge is 0.394 e. The third kappa shape index (κ3) is 3.73. The fourth-order valence-corrected chi connectivity index (χ4v) is 2.93. The number of hydrogen-bond donors (Lipinski definition) is 3. The number of carbonyl (C=O) groups is 1. The van der Waals surface area contributed by atoms with Gasteiger partial charge in [0.1, 0.15) is 0 Å². The van der Waals surface area contributed by atoms with E-state index in [0.717, 1.165) is 22.0 Å². The molecule has 4 rings (SSSR count). The first-order valence-corrected chi connectivity index (χ1v) is 8.59.